The van der Waals surface area contributed by atoms with E-state index in [0.717, 1.165) is 31.6 Å². The van der Waals surface area contributed by atoms with Crippen LogP contribution in [0, 0.1) is 0 Å². The number of fused-ring (bicyclic) bond motifs is 3. The summed E-state index contributed by atoms with van der Waals surface area (Å²) in [6.45, 7) is 0. The maximum atomic E-state index is 12.6. The van der Waals surface area contributed by atoms with E-state index in [1.807, 2.05) is 54.7 Å². The first kappa shape index (κ1) is 12.6. The van der Waals surface area contributed by atoms with E-state index in [1.165, 1.54) is 0 Å². The van der Waals surface area contributed by atoms with Crippen molar-refractivity contribution in [2.24, 2.45) is 0 Å². The summed E-state index contributed by atoms with van der Waals surface area (Å²) in [7, 11) is 0. The molecule has 2 aromatic carbocycles. The van der Waals surface area contributed by atoms with Crippen LogP contribution in [0.25, 0.3) is 42.9 Å². The number of hydrogen-bond donors (Lipinski definition) is 2. The van der Waals surface area contributed by atoms with E-state index >= 15 is 0 Å². The van der Waals surface area contributed by atoms with Crippen LogP contribution in [-0.4, -0.2) is 15.0 Å². The van der Waals surface area contributed by atoms with Crippen LogP contribution in [0.15, 0.2) is 59.5 Å². The summed E-state index contributed by atoms with van der Waals surface area (Å²) in [6.07, 6.45) is 1.90. The van der Waals surface area contributed by atoms with Crippen molar-refractivity contribution in [2.75, 3.05) is 0 Å². The average Bonchev–Trinajstić information content (AvgIpc) is 3.12. The molecule has 3 aromatic rings. The Balaban J connectivity index is 1.90. The third-order valence-electron chi connectivity index (χ3n) is 4.07. The molecule has 0 unspecified atom stereocenters. The van der Waals surface area contributed by atoms with Gasteiger partial charge in [0.2, 0.25) is 0 Å². The maximum Gasteiger partial charge on any atom is 0.259 e. The van der Waals surface area contributed by atoms with Crippen molar-refractivity contribution in [3.8, 4) is 21.8 Å². The standard InChI is InChI=1S/C18H11N3OS/c22-18-15(11-9-19-12-6-2-1-5-10(11)12)16-17(21-18)20-13-7-3-4-8-14(13)23-16/h1-9,19H,(H,20,21,22). The molecule has 0 spiro atoms. The monoisotopic (exact) mass is 317 g/mol. The molecule has 2 N–H and O–H groups in total. The Labute approximate surface area is 134 Å². The SMILES string of the molecule is O=c1[nH]c2nc3ccccc3sc-2c1-c1c[nH]c2ccccc12. The van der Waals surface area contributed by atoms with Gasteiger partial charge in [0, 0.05) is 22.7 Å². The molecule has 23 heavy (non-hydrogen) atoms. The smallest absolute Gasteiger partial charge is 0.259 e. The molecule has 0 aliphatic carbocycles. The Morgan fingerprint density at radius 2 is 1.83 bits per heavy atom. The molecule has 0 amide bonds. The number of rotatable bonds is 1. The number of hydrogen-bond acceptors (Lipinski definition) is 3. The summed E-state index contributed by atoms with van der Waals surface area (Å²) < 4.78 is 1.07. The Morgan fingerprint density at radius 1 is 1.00 bits per heavy atom. The lowest BCUT2D eigenvalue weighted by molar-refractivity contribution is 1.24. The molecule has 3 heterocycles. The van der Waals surface area contributed by atoms with Gasteiger partial charge in [0.1, 0.15) is 0 Å². The molecule has 2 aliphatic rings. The zero-order valence-electron chi connectivity index (χ0n) is 12.0. The number of benzene rings is 2. The van der Waals surface area contributed by atoms with E-state index in [4.69, 9.17) is 0 Å². The summed E-state index contributed by atoms with van der Waals surface area (Å²) in [4.78, 5) is 24.2. The highest BCUT2D eigenvalue weighted by Crippen LogP contribution is 2.38. The largest absolute Gasteiger partial charge is 0.361 e. The Hall–Kier alpha value is -2.92. The zero-order chi connectivity index (χ0) is 15.4. The fourth-order valence-corrected chi connectivity index (χ4v) is 4.10. The molecule has 1 aromatic heterocycles. The first-order valence-electron chi connectivity index (χ1n) is 7.29. The van der Waals surface area contributed by atoms with Crippen molar-refractivity contribution in [1.29, 1.82) is 0 Å². The predicted octanol–water partition coefficient (Wildman–Crippen LogP) is 4.24. The summed E-state index contributed by atoms with van der Waals surface area (Å²) in [5, 5.41) is 1.05. The number of H-pyrrole nitrogens is 2. The molecule has 0 bridgehead atoms. The molecule has 5 rings (SSSR count). The minimum atomic E-state index is -0.0937. The van der Waals surface area contributed by atoms with Crippen molar-refractivity contribution in [1.82, 2.24) is 15.0 Å². The molecule has 110 valence electrons. The number of nitrogens with zero attached hydrogens (tertiary/aromatic N) is 1. The molecule has 0 fully saturated rings. The van der Waals surface area contributed by atoms with Gasteiger partial charge >= 0.3 is 0 Å². The summed E-state index contributed by atoms with van der Waals surface area (Å²) in [5.41, 5.74) is 3.45. The Bertz CT molecular complexity index is 1200. The van der Waals surface area contributed by atoms with E-state index in [2.05, 4.69) is 15.0 Å². The zero-order valence-corrected chi connectivity index (χ0v) is 12.8. The summed E-state index contributed by atoms with van der Waals surface area (Å²) in [6, 6.07) is 15.9. The van der Waals surface area contributed by atoms with Gasteiger partial charge in [-0.3, -0.25) is 4.79 Å². The third kappa shape index (κ3) is 1.77. The lowest BCUT2D eigenvalue weighted by atomic mass is 10.1. The first-order valence-corrected chi connectivity index (χ1v) is 8.11. The number of aromatic amines is 2. The lowest BCUT2D eigenvalue weighted by Crippen LogP contribution is -2.00. The molecule has 0 saturated heterocycles. The normalized spacial score (nSPS) is 11.7. The highest BCUT2D eigenvalue weighted by Gasteiger charge is 2.21. The number of nitrogens with one attached hydrogen (secondary N) is 2. The van der Waals surface area contributed by atoms with Crippen LogP contribution in [-0.2, 0) is 0 Å². The van der Waals surface area contributed by atoms with Crippen LogP contribution in [0.3, 0.4) is 0 Å². The van der Waals surface area contributed by atoms with Gasteiger partial charge in [0.15, 0.2) is 5.82 Å². The van der Waals surface area contributed by atoms with Crippen LogP contribution in [0.5, 0.6) is 0 Å². The van der Waals surface area contributed by atoms with Crippen LogP contribution < -0.4 is 5.56 Å². The van der Waals surface area contributed by atoms with Crippen LogP contribution in [0.4, 0.5) is 0 Å². The lowest BCUT2D eigenvalue weighted by Gasteiger charge is -2.03. The van der Waals surface area contributed by atoms with E-state index < -0.39 is 0 Å². The number of aromatic nitrogens is 3. The van der Waals surface area contributed by atoms with E-state index in [-0.39, 0.29) is 5.56 Å². The summed E-state index contributed by atoms with van der Waals surface area (Å²) in [5.74, 6) is 0.652. The van der Waals surface area contributed by atoms with Gasteiger partial charge in [-0.1, -0.05) is 30.3 Å². The van der Waals surface area contributed by atoms with Gasteiger partial charge in [0.25, 0.3) is 5.56 Å². The second kappa shape index (κ2) is 4.54. The van der Waals surface area contributed by atoms with Gasteiger partial charge in [-0.2, -0.15) is 0 Å². The summed E-state index contributed by atoms with van der Waals surface area (Å²) >= 11 is 1.60. The van der Waals surface area contributed by atoms with Gasteiger partial charge in [0.05, 0.1) is 20.7 Å². The fraction of sp³-hybridized carbons (Fsp3) is 0. The molecule has 2 aliphatic heterocycles. The minimum Gasteiger partial charge on any atom is -0.361 e. The quantitative estimate of drug-likeness (QED) is 0.486. The fourth-order valence-electron chi connectivity index (χ4n) is 3.02. The van der Waals surface area contributed by atoms with Crippen LogP contribution >= 0.6 is 11.3 Å². The van der Waals surface area contributed by atoms with E-state index in [9.17, 15) is 4.79 Å². The molecule has 5 heteroatoms. The van der Waals surface area contributed by atoms with Crippen molar-refractivity contribution in [3.05, 3.63) is 65.1 Å². The van der Waals surface area contributed by atoms with E-state index in [0.29, 0.717) is 11.4 Å². The Kier molecular flexibility index (Phi) is 2.49. The Morgan fingerprint density at radius 3 is 2.78 bits per heavy atom. The van der Waals surface area contributed by atoms with Crippen LogP contribution in [0.2, 0.25) is 0 Å². The van der Waals surface area contributed by atoms with Crippen molar-refractivity contribution < 1.29 is 0 Å². The molecule has 0 saturated carbocycles. The molecule has 0 radical (unpaired) electrons. The first-order chi connectivity index (χ1) is 11.3. The third-order valence-corrected chi connectivity index (χ3v) is 5.24. The average molecular weight is 317 g/mol. The topological polar surface area (TPSA) is 61.5 Å². The highest BCUT2D eigenvalue weighted by atomic mass is 32.1. The highest BCUT2D eigenvalue weighted by molar-refractivity contribution is 7.21. The van der Waals surface area contributed by atoms with Gasteiger partial charge in [-0.15, -0.1) is 11.3 Å². The number of para-hydroxylation sites is 2. The molecule has 0 atom stereocenters. The molecular weight excluding hydrogens is 306 g/mol. The molecule has 4 nitrogen and oxygen atoms in total. The second-order valence-corrected chi connectivity index (χ2v) is 6.49. The second-order valence-electron chi connectivity index (χ2n) is 5.44. The predicted molar refractivity (Wildman–Crippen MR) is 94.2 cm³/mol. The van der Waals surface area contributed by atoms with E-state index in [1.54, 1.807) is 11.3 Å². The maximum absolute atomic E-state index is 12.6. The van der Waals surface area contributed by atoms with Gasteiger partial charge in [-0.05, 0) is 18.2 Å². The van der Waals surface area contributed by atoms with Crippen LogP contribution in [0.1, 0.15) is 0 Å². The van der Waals surface area contributed by atoms with Crippen molar-refractivity contribution in [3.63, 3.8) is 0 Å². The minimum absolute atomic E-state index is 0.0937. The molecular formula is C18H11N3OS. The van der Waals surface area contributed by atoms with Gasteiger partial charge in [-0.25, -0.2) is 4.98 Å². The van der Waals surface area contributed by atoms with Gasteiger partial charge < -0.3 is 9.97 Å². The van der Waals surface area contributed by atoms with Crippen molar-refractivity contribution >= 4 is 32.5 Å². The van der Waals surface area contributed by atoms with Crippen molar-refractivity contribution in [2.45, 2.75) is 0 Å².